The number of amides is 3. The van der Waals surface area contributed by atoms with Crippen LogP contribution in [0.2, 0.25) is 0 Å². The fourth-order valence-electron chi connectivity index (χ4n) is 7.73. The van der Waals surface area contributed by atoms with E-state index in [-0.39, 0.29) is 31.1 Å². The summed E-state index contributed by atoms with van der Waals surface area (Å²) in [6.07, 6.45) is 1.08. The molecule has 3 amide bonds. The summed E-state index contributed by atoms with van der Waals surface area (Å²) in [5, 5.41) is 18.3. The zero-order chi connectivity index (χ0) is 37.5. The van der Waals surface area contributed by atoms with Crippen LogP contribution in [0.15, 0.2) is 109 Å². The van der Waals surface area contributed by atoms with E-state index in [9.17, 15) is 19.5 Å². The third-order valence-corrected chi connectivity index (χ3v) is 10.7. The van der Waals surface area contributed by atoms with Crippen molar-refractivity contribution < 1.29 is 33.7 Å². The number of benzene rings is 4. The highest BCUT2D eigenvalue weighted by molar-refractivity contribution is 5.94. The van der Waals surface area contributed by atoms with E-state index < -0.39 is 29.9 Å². The molecule has 3 aliphatic rings. The minimum Gasteiger partial charge on any atom is -0.467 e. The van der Waals surface area contributed by atoms with Crippen LogP contribution in [0.4, 0.5) is 16.2 Å². The van der Waals surface area contributed by atoms with E-state index in [1.165, 1.54) is 7.11 Å². The molecule has 0 aromatic heterocycles. The first-order valence-corrected chi connectivity index (χ1v) is 18.5. The molecule has 0 unspecified atom stereocenters. The van der Waals surface area contributed by atoms with Crippen molar-refractivity contribution in [2.24, 2.45) is 0 Å². The van der Waals surface area contributed by atoms with Gasteiger partial charge in [0.05, 0.1) is 32.6 Å². The summed E-state index contributed by atoms with van der Waals surface area (Å²) in [7, 11) is 1.30. The standard InChI is InChI=1S/C42H47N5O7/c1-52-38(49)36(23-29-9-4-2-5-10-29)45-41(51)44-33-12-8-11-32(24-33)39-53-35(25-37(54-39)31-17-15-30(27-48)16-18-31)26-46-21-19-42(20-22-46)40(50)43-28-47(42)34-13-6-3-7-14-34/h2-18,24,35-37,39,48H,19-23,25-28H2,1H3,(H,43,50)(H2,44,45,51)/t35-,36+,37+,39+/m1/s1. The maximum absolute atomic E-state index is 13.3. The number of urea groups is 1. The fourth-order valence-corrected chi connectivity index (χ4v) is 7.73. The zero-order valence-electron chi connectivity index (χ0n) is 30.4. The van der Waals surface area contributed by atoms with Crippen molar-refractivity contribution in [2.45, 2.75) is 62.4 Å². The van der Waals surface area contributed by atoms with Crippen LogP contribution in [0.1, 0.15) is 53.9 Å². The van der Waals surface area contributed by atoms with E-state index in [1.54, 1.807) is 6.07 Å². The van der Waals surface area contributed by atoms with E-state index >= 15 is 0 Å². The first kappa shape index (κ1) is 37.1. The van der Waals surface area contributed by atoms with Crippen LogP contribution in [-0.2, 0) is 36.8 Å². The summed E-state index contributed by atoms with van der Waals surface area (Å²) in [4.78, 5) is 43.5. The number of aliphatic hydroxyl groups excluding tert-OH is 1. The third-order valence-electron chi connectivity index (χ3n) is 10.7. The molecular formula is C42H47N5O7. The van der Waals surface area contributed by atoms with Crippen molar-refractivity contribution in [2.75, 3.05) is 43.6 Å². The number of nitrogens with one attached hydrogen (secondary N) is 3. The summed E-state index contributed by atoms with van der Waals surface area (Å²) in [5.41, 5.74) is 4.37. The van der Waals surface area contributed by atoms with Crippen molar-refractivity contribution in [1.29, 1.82) is 0 Å². The van der Waals surface area contributed by atoms with Crippen LogP contribution >= 0.6 is 0 Å². The van der Waals surface area contributed by atoms with E-state index in [0.29, 0.717) is 38.2 Å². The lowest BCUT2D eigenvalue weighted by Gasteiger charge is -2.45. The summed E-state index contributed by atoms with van der Waals surface area (Å²) >= 11 is 0. The van der Waals surface area contributed by atoms with Gasteiger partial charge in [-0.15, -0.1) is 0 Å². The molecule has 0 aliphatic carbocycles. The van der Waals surface area contributed by atoms with Gasteiger partial charge in [-0.1, -0.05) is 84.9 Å². The number of carbonyl (C=O) groups excluding carboxylic acids is 3. The highest BCUT2D eigenvalue weighted by Gasteiger charge is 2.50. The Labute approximate surface area is 315 Å². The van der Waals surface area contributed by atoms with Crippen LogP contribution in [0.5, 0.6) is 0 Å². The normalized spacial score (nSPS) is 21.6. The lowest BCUT2D eigenvalue weighted by molar-refractivity contribution is -0.253. The van der Waals surface area contributed by atoms with E-state index in [1.807, 2.05) is 91.0 Å². The molecule has 54 heavy (non-hydrogen) atoms. The maximum atomic E-state index is 13.3. The number of hydrogen-bond donors (Lipinski definition) is 4. The SMILES string of the molecule is COC(=O)[C@H](Cc1ccccc1)NC(=O)Nc1cccc([C@H]2O[C@@H](CN3CCC4(CC3)C(=O)NCN4c3ccccc3)C[C@@H](c3ccc(CO)cc3)O2)c1. The summed E-state index contributed by atoms with van der Waals surface area (Å²) in [6.45, 7) is 2.59. The average molecular weight is 734 g/mol. The van der Waals surface area contributed by atoms with Crippen molar-refractivity contribution in [3.05, 3.63) is 131 Å². The first-order chi connectivity index (χ1) is 26.3. The summed E-state index contributed by atoms with van der Waals surface area (Å²) in [5.74, 6) is -0.460. The van der Waals surface area contributed by atoms with Crippen molar-refractivity contribution in [1.82, 2.24) is 15.5 Å². The maximum Gasteiger partial charge on any atom is 0.328 e. The number of likely N-dealkylation sites (tertiary alicyclic amines) is 1. The highest BCUT2D eigenvalue weighted by atomic mass is 16.7. The molecule has 282 valence electrons. The second kappa shape index (κ2) is 16.8. The minimum atomic E-state index is -0.876. The van der Waals surface area contributed by atoms with E-state index in [2.05, 4.69) is 37.9 Å². The number of anilines is 2. The fraction of sp³-hybridized carbons (Fsp3) is 0.357. The quantitative estimate of drug-likeness (QED) is 0.156. The van der Waals surface area contributed by atoms with Gasteiger partial charge in [-0.25, -0.2) is 9.59 Å². The van der Waals surface area contributed by atoms with Crippen molar-refractivity contribution in [3.63, 3.8) is 0 Å². The molecule has 3 heterocycles. The third kappa shape index (κ3) is 8.42. The van der Waals surface area contributed by atoms with Crippen LogP contribution in [-0.4, -0.2) is 79.0 Å². The Hall–Kier alpha value is -5.27. The molecule has 1 spiro atoms. The average Bonchev–Trinajstić information content (AvgIpc) is 3.53. The van der Waals surface area contributed by atoms with Crippen molar-refractivity contribution >= 4 is 29.3 Å². The van der Waals surface area contributed by atoms with Crippen molar-refractivity contribution in [3.8, 4) is 0 Å². The number of hydrogen-bond acceptors (Lipinski definition) is 9. The molecule has 0 saturated carbocycles. The Kier molecular flexibility index (Phi) is 11.5. The monoisotopic (exact) mass is 733 g/mol. The molecular weight excluding hydrogens is 686 g/mol. The van der Waals surface area contributed by atoms with Gasteiger partial charge in [0.25, 0.3) is 0 Å². The number of para-hydroxylation sites is 1. The number of aliphatic hydroxyl groups is 1. The molecule has 0 bridgehead atoms. The van der Waals surface area contributed by atoms with Gasteiger partial charge in [-0.2, -0.15) is 0 Å². The largest absolute Gasteiger partial charge is 0.467 e. The summed E-state index contributed by atoms with van der Waals surface area (Å²) < 4.78 is 18.2. The smallest absolute Gasteiger partial charge is 0.328 e. The van der Waals surface area contributed by atoms with Crippen LogP contribution in [0.3, 0.4) is 0 Å². The number of nitrogens with zero attached hydrogens (tertiary/aromatic N) is 2. The topological polar surface area (TPSA) is 142 Å². The number of piperidine rings is 1. The predicted octanol–water partition coefficient (Wildman–Crippen LogP) is 5.06. The number of methoxy groups -OCH3 is 1. The van der Waals surface area contributed by atoms with E-state index in [4.69, 9.17) is 14.2 Å². The molecule has 3 aliphatic heterocycles. The summed E-state index contributed by atoms with van der Waals surface area (Å²) in [6, 6.07) is 33.1. The molecule has 7 rings (SSSR count). The second-order valence-corrected chi connectivity index (χ2v) is 14.1. The van der Waals surface area contributed by atoms with Crippen LogP contribution < -0.4 is 20.9 Å². The molecule has 4 N–H and O–H groups in total. The Bertz CT molecular complexity index is 1890. The second-order valence-electron chi connectivity index (χ2n) is 14.1. The van der Waals surface area contributed by atoms with Gasteiger partial charge in [-0.3, -0.25) is 4.79 Å². The lowest BCUT2D eigenvalue weighted by Crippen LogP contribution is -2.57. The zero-order valence-corrected chi connectivity index (χ0v) is 30.4. The number of carbonyl (C=O) groups is 3. The van der Waals surface area contributed by atoms with Gasteiger partial charge >= 0.3 is 12.0 Å². The lowest BCUT2D eigenvalue weighted by atomic mass is 9.85. The van der Waals surface area contributed by atoms with Gasteiger partial charge in [0, 0.05) is 49.4 Å². The minimum absolute atomic E-state index is 0.0453. The predicted molar refractivity (Wildman–Crippen MR) is 203 cm³/mol. The number of esters is 1. The molecule has 3 fully saturated rings. The van der Waals surface area contributed by atoms with Gasteiger partial charge < -0.3 is 45.1 Å². The van der Waals surface area contributed by atoms with Gasteiger partial charge in [-0.05, 0) is 53.8 Å². The van der Waals surface area contributed by atoms with Gasteiger partial charge in [0.1, 0.15) is 11.6 Å². The molecule has 3 saturated heterocycles. The molecule has 4 aromatic rings. The molecule has 12 heteroatoms. The van der Waals surface area contributed by atoms with Gasteiger partial charge in [0.2, 0.25) is 5.91 Å². The van der Waals surface area contributed by atoms with E-state index in [0.717, 1.165) is 41.0 Å². The Morgan fingerprint density at radius 1 is 0.907 bits per heavy atom. The Balaban J connectivity index is 1.04. The molecule has 0 radical (unpaired) electrons. The van der Waals surface area contributed by atoms with Gasteiger partial charge in [0.15, 0.2) is 6.29 Å². The number of ether oxygens (including phenoxy) is 3. The van der Waals surface area contributed by atoms with Crippen LogP contribution in [0, 0.1) is 0 Å². The Morgan fingerprint density at radius 3 is 2.33 bits per heavy atom. The molecule has 12 nitrogen and oxygen atoms in total. The Morgan fingerprint density at radius 2 is 1.63 bits per heavy atom. The van der Waals surface area contributed by atoms with Crippen LogP contribution in [0.25, 0.3) is 0 Å². The molecule has 4 aromatic carbocycles. The molecule has 4 atom stereocenters. The number of rotatable bonds is 11. The highest BCUT2D eigenvalue weighted by Crippen LogP contribution is 2.40. The first-order valence-electron chi connectivity index (χ1n) is 18.5.